The van der Waals surface area contributed by atoms with E-state index in [1.807, 2.05) is 47.4 Å². The van der Waals surface area contributed by atoms with Crippen LogP contribution in [0.5, 0.6) is 0 Å². The summed E-state index contributed by atoms with van der Waals surface area (Å²) in [6.07, 6.45) is 4.64. The van der Waals surface area contributed by atoms with Crippen LogP contribution in [0, 0.1) is 0 Å². The summed E-state index contributed by atoms with van der Waals surface area (Å²) in [5.41, 5.74) is 1.73. The number of carbonyl (C=O) groups excluding carboxylic acids is 2. The minimum Gasteiger partial charge on any atom is -0.360 e. The fraction of sp³-hybridized carbons (Fsp3) is 0.350. The Bertz CT molecular complexity index is 884. The number of benzene rings is 1. The largest absolute Gasteiger partial charge is 0.360 e. The molecule has 2 amide bonds. The maximum atomic E-state index is 13.0. The van der Waals surface area contributed by atoms with Crippen LogP contribution >= 0.6 is 0 Å². The van der Waals surface area contributed by atoms with Crippen LogP contribution in [0.2, 0.25) is 0 Å². The fourth-order valence-electron chi connectivity index (χ4n) is 4.80. The van der Waals surface area contributed by atoms with Crippen LogP contribution in [-0.2, 0) is 11.2 Å². The third-order valence-electron chi connectivity index (χ3n) is 5.84. The van der Waals surface area contributed by atoms with Crippen LogP contribution in [0.1, 0.15) is 35.3 Å². The van der Waals surface area contributed by atoms with Crippen LogP contribution < -0.4 is 10.6 Å². The standard InChI is InChI=1S/C20H20N4O2/c25-18(11-13-5-3-4-10-21-13)24-14-8-9-17(24)20(12-14)22-16-7-2-1-6-15(16)19(26)23-20/h1-7,10,14,17,22H,8-9,11-12H2,(H,23,26)/t14-,17-,20+/m1/s1. The highest BCUT2D eigenvalue weighted by Gasteiger charge is 2.59. The van der Waals surface area contributed by atoms with E-state index in [9.17, 15) is 9.59 Å². The predicted molar refractivity (Wildman–Crippen MR) is 96.5 cm³/mol. The molecular weight excluding hydrogens is 328 g/mol. The number of nitrogens with one attached hydrogen (secondary N) is 2. The molecule has 6 heteroatoms. The first-order valence-electron chi connectivity index (χ1n) is 9.07. The molecule has 2 saturated heterocycles. The van der Waals surface area contributed by atoms with Gasteiger partial charge in [0.15, 0.2) is 0 Å². The second-order valence-corrected chi connectivity index (χ2v) is 7.35. The molecule has 2 fully saturated rings. The molecule has 0 unspecified atom stereocenters. The van der Waals surface area contributed by atoms with Gasteiger partial charge in [0.1, 0.15) is 5.66 Å². The number of anilines is 1. The molecular formula is C20H20N4O2. The second-order valence-electron chi connectivity index (χ2n) is 7.35. The highest BCUT2D eigenvalue weighted by molar-refractivity contribution is 6.02. The Morgan fingerprint density at radius 2 is 2.00 bits per heavy atom. The minimum absolute atomic E-state index is 0.0268. The third-order valence-corrected chi connectivity index (χ3v) is 5.84. The van der Waals surface area contributed by atoms with Gasteiger partial charge in [0.25, 0.3) is 5.91 Å². The summed E-state index contributed by atoms with van der Waals surface area (Å²) in [4.78, 5) is 31.9. The van der Waals surface area contributed by atoms with E-state index in [1.165, 1.54) is 0 Å². The Morgan fingerprint density at radius 1 is 1.15 bits per heavy atom. The Labute approximate surface area is 151 Å². The van der Waals surface area contributed by atoms with Gasteiger partial charge in [-0.1, -0.05) is 18.2 Å². The number of hydrogen-bond donors (Lipinski definition) is 2. The lowest BCUT2D eigenvalue weighted by Gasteiger charge is -2.43. The van der Waals surface area contributed by atoms with E-state index in [0.717, 1.165) is 30.6 Å². The zero-order chi connectivity index (χ0) is 17.7. The van der Waals surface area contributed by atoms with Crippen molar-refractivity contribution < 1.29 is 9.59 Å². The Balaban J connectivity index is 1.43. The first-order chi connectivity index (χ1) is 12.7. The van der Waals surface area contributed by atoms with E-state index in [1.54, 1.807) is 6.20 Å². The van der Waals surface area contributed by atoms with Gasteiger partial charge in [-0.25, -0.2) is 0 Å². The number of carbonyl (C=O) groups is 2. The number of pyridine rings is 1. The summed E-state index contributed by atoms with van der Waals surface area (Å²) in [6, 6.07) is 13.3. The molecule has 132 valence electrons. The first-order valence-corrected chi connectivity index (χ1v) is 9.07. The van der Waals surface area contributed by atoms with Crippen molar-refractivity contribution in [3.8, 4) is 0 Å². The van der Waals surface area contributed by atoms with Crippen molar-refractivity contribution >= 4 is 17.5 Å². The van der Waals surface area contributed by atoms with Crippen LogP contribution in [0.15, 0.2) is 48.7 Å². The molecule has 26 heavy (non-hydrogen) atoms. The van der Waals surface area contributed by atoms with E-state index in [-0.39, 0.29) is 23.9 Å². The SMILES string of the molecule is O=C1N[C@]2(C[C@H]3CC[C@H]2N3C(=O)Cc2ccccn2)Nc2ccccc21. The van der Waals surface area contributed by atoms with E-state index < -0.39 is 5.66 Å². The Kier molecular flexibility index (Phi) is 3.29. The zero-order valence-electron chi connectivity index (χ0n) is 14.3. The molecule has 1 aromatic carbocycles. The lowest BCUT2D eigenvalue weighted by Crippen LogP contribution is -2.64. The number of hydrogen-bond acceptors (Lipinski definition) is 4. The molecule has 1 spiro atoms. The van der Waals surface area contributed by atoms with Crippen LogP contribution in [0.4, 0.5) is 5.69 Å². The van der Waals surface area contributed by atoms with Crippen molar-refractivity contribution in [2.45, 2.75) is 43.4 Å². The van der Waals surface area contributed by atoms with E-state index in [2.05, 4.69) is 15.6 Å². The number of fused-ring (bicyclic) bond motifs is 4. The van der Waals surface area contributed by atoms with Gasteiger partial charge in [-0.05, 0) is 37.1 Å². The van der Waals surface area contributed by atoms with Crippen LogP contribution in [0.25, 0.3) is 0 Å². The molecule has 2 aromatic rings. The molecule has 4 heterocycles. The van der Waals surface area contributed by atoms with Crippen LogP contribution in [0.3, 0.4) is 0 Å². The lowest BCUT2D eigenvalue weighted by molar-refractivity contribution is -0.132. The smallest absolute Gasteiger partial charge is 0.255 e. The molecule has 2 bridgehead atoms. The van der Waals surface area contributed by atoms with Crippen LogP contribution in [-0.4, -0.2) is 39.4 Å². The fourth-order valence-corrected chi connectivity index (χ4v) is 4.80. The monoisotopic (exact) mass is 348 g/mol. The molecule has 3 aliphatic rings. The lowest BCUT2D eigenvalue weighted by atomic mass is 9.86. The van der Waals surface area contributed by atoms with Crippen molar-refractivity contribution in [3.05, 3.63) is 59.9 Å². The summed E-state index contributed by atoms with van der Waals surface area (Å²) in [5.74, 6) is 0.0204. The molecule has 2 N–H and O–H groups in total. The highest BCUT2D eigenvalue weighted by atomic mass is 16.2. The average Bonchev–Trinajstić information content (AvgIpc) is 3.18. The van der Waals surface area contributed by atoms with Crippen molar-refractivity contribution in [2.24, 2.45) is 0 Å². The molecule has 3 aliphatic heterocycles. The normalized spacial score (nSPS) is 28.6. The summed E-state index contributed by atoms with van der Waals surface area (Å²) in [6.45, 7) is 0. The summed E-state index contributed by atoms with van der Waals surface area (Å²) in [7, 11) is 0. The summed E-state index contributed by atoms with van der Waals surface area (Å²) < 4.78 is 0. The molecule has 0 aliphatic carbocycles. The van der Waals surface area contributed by atoms with E-state index >= 15 is 0 Å². The Morgan fingerprint density at radius 3 is 2.85 bits per heavy atom. The van der Waals surface area contributed by atoms with Gasteiger partial charge in [0.2, 0.25) is 5.91 Å². The second kappa shape index (κ2) is 5.56. The predicted octanol–water partition coefficient (Wildman–Crippen LogP) is 1.94. The van der Waals surface area contributed by atoms with Crippen molar-refractivity contribution in [2.75, 3.05) is 5.32 Å². The van der Waals surface area contributed by atoms with Gasteiger partial charge in [-0.2, -0.15) is 0 Å². The molecule has 5 rings (SSSR count). The average molecular weight is 348 g/mol. The van der Waals surface area contributed by atoms with Gasteiger partial charge in [-0.3, -0.25) is 14.6 Å². The number of nitrogens with zero attached hydrogens (tertiary/aromatic N) is 2. The van der Waals surface area contributed by atoms with E-state index in [0.29, 0.717) is 12.0 Å². The van der Waals surface area contributed by atoms with Gasteiger partial charge in [0.05, 0.1) is 18.0 Å². The quantitative estimate of drug-likeness (QED) is 0.870. The van der Waals surface area contributed by atoms with Crippen molar-refractivity contribution in [1.82, 2.24) is 15.2 Å². The highest BCUT2D eigenvalue weighted by Crippen LogP contribution is 2.46. The van der Waals surface area contributed by atoms with Gasteiger partial charge >= 0.3 is 0 Å². The minimum atomic E-state index is -0.561. The molecule has 3 atom stereocenters. The third kappa shape index (κ3) is 2.21. The number of amides is 2. The molecule has 1 aromatic heterocycles. The number of para-hydroxylation sites is 1. The molecule has 0 radical (unpaired) electrons. The van der Waals surface area contributed by atoms with Crippen molar-refractivity contribution in [3.63, 3.8) is 0 Å². The molecule has 0 saturated carbocycles. The van der Waals surface area contributed by atoms with E-state index in [4.69, 9.17) is 0 Å². The number of aromatic nitrogens is 1. The molecule has 6 nitrogen and oxygen atoms in total. The van der Waals surface area contributed by atoms with Gasteiger partial charge in [0, 0.05) is 30.0 Å². The van der Waals surface area contributed by atoms with Crippen molar-refractivity contribution in [1.29, 1.82) is 0 Å². The topological polar surface area (TPSA) is 74.3 Å². The maximum absolute atomic E-state index is 13.0. The Hall–Kier alpha value is -2.89. The van der Waals surface area contributed by atoms with Gasteiger partial charge < -0.3 is 15.5 Å². The number of rotatable bonds is 2. The first kappa shape index (κ1) is 15.4. The zero-order valence-corrected chi connectivity index (χ0v) is 14.3. The maximum Gasteiger partial charge on any atom is 0.255 e. The summed E-state index contributed by atoms with van der Waals surface area (Å²) in [5, 5.41) is 6.71. The van der Waals surface area contributed by atoms with Gasteiger partial charge in [-0.15, -0.1) is 0 Å². The summed E-state index contributed by atoms with van der Waals surface area (Å²) >= 11 is 0.